The topological polar surface area (TPSA) is 262 Å². The molecule has 4 aromatic carbocycles. The van der Waals surface area contributed by atoms with E-state index in [2.05, 4.69) is 4.98 Å². The minimum Gasteiger partial charge on any atom is -0.357 e. The summed E-state index contributed by atoms with van der Waals surface area (Å²) in [7, 11) is -10.8. The first-order valence-corrected chi connectivity index (χ1v) is 19.9. The first kappa shape index (κ1) is 41.7. The number of hydrogen-bond donors (Lipinski definition) is 1. The first-order valence-electron chi connectivity index (χ1n) is 14.9. The largest absolute Gasteiger partial charge is 2.00 e. The first-order chi connectivity index (χ1) is 26.5. The molecule has 5 heterocycles. The number of rotatable bonds is 1. The van der Waals surface area contributed by atoms with Crippen molar-refractivity contribution < 1.29 is 55.3 Å². The molecular formula is C32H12Cl4CuN8O9S3. The van der Waals surface area contributed by atoms with Gasteiger partial charge in [0.1, 0.15) is 0 Å². The number of halogens is 4. The van der Waals surface area contributed by atoms with Gasteiger partial charge in [-0.2, -0.15) is 8.42 Å². The Bertz CT molecular complexity index is 3350. The zero-order valence-corrected chi connectivity index (χ0v) is 33.6. The van der Waals surface area contributed by atoms with Crippen LogP contribution in [0.3, 0.4) is 0 Å². The fourth-order valence-corrected chi connectivity index (χ4v) is 7.34. The predicted molar refractivity (Wildman–Crippen MR) is 203 cm³/mol. The molecule has 0 saturated heterocycles. The summed E-state index contributed by atoms with van der Waals surface area (Å²) in [5.74, 6) is 0.886. The Morgan fingerprint density at radius 1 is 0.491 bits per heavy atom. The zero-order chi connectivity index (χ0) is 40.2. The molecule has 57 heavy (non-hydrogen) atoms. The van der Waals surface area contributed by atoms with Crippen LogP contribution in [0.15, 0.2) is 71.6 Å². The van der Waals surface area contributed by atoms with Crippen LogP contribution in [0.25, 0.3) is 89.7 Å². The van der Waals surface area contributed by atoms with E-state index in [-0.39, 0.29) is 81.3 Å². The van der Waals surface area contributed by atoms with Gasteiger partial charge in [0, 0.05) is 55.6 Å². The fraction of sp³-hybridized carbons (Fsp3) is 0. The molecule has 291 valence electrons. The van der Waals surface area contributed by atoms with Crippen LogP contribution in [0.5, 0.6) is 0 Å². The third-order valence-electron chi connectivity index (χ3n) is 8.00. The van der Waals surface area contributed by atoms with Gasteiger partial charge in [-0.25, -0.2) is 15.0 Å². The fourth-order valence-electron chi connectivity index (χ4n) is 5.81. The Hall–Kier alpha value is -4.93. The van der Waals surface area contributed by atoms with Gasteiger partial charge in [-0.15, -0.1) is 25.3 Å². The standard InChI is InChI=1S/C32H12Cl4N8O3S.Cu.2O3S/c33-21-19-20(22(34)24(36)23(21)35)32-43-30-18-11-12(48(45,46)47)9-10-17(18)29(41-30)40-27-14-6-2-1-5-13(14)25(38-27)37-26-15-7-3-4-8-16(15)28(39-26)42-31(19)44-32;;2*1-4(2)3/h1-11H,(H-2,37,38,39,40,41,42,43,44,45,46,47);;;/q-2;+2;;. The zero-order valence-electron chi connectivity index (χ0n) is 27.2. The van der Waals surface area contributed by atoms with Crippen LogP contribution in [-0.2, 0) is 48.4 Å². The van der Waals surface area contributed by atoms with Crippen LogP contribution in [0, 0.1) is 0 Å². The van der Waals surface area contributed by atoms with Gasteiger partial charge >= 0.3 is 38.3 Å². The van der Waals surface area contributed by atoms with Crippen molar-refractivity contribution in [1.82, 2.24) is 39.9 Å². The number of fused-ring (bicyclic) bond motifs is 20. The van der Waals surface area contributed by atoms with Crippen molar-refractivity contribution >= 4 is 122 Å². The van der Waals surface area contributed by atoms with E-state index < -0.39 is 31.3 Å². The van der Waals surface area contributed by atoms with Crippen LogP contribution in [0.4, 0.5) is 0 Å². The van der Waals surface area contributed by atoms with Crippen molar-refractivity contribution in [3.63, 3.8) is 0 Å². The molecule has 1 radical (unpaired) electrons. The van der Waals surface area contributed by atoms with Crippen LogP contribution in [-0.4, -0.2) is 68.1 Å². The average Bonchev–Trinajstić information content (AvgIpc) is 3.87. The van der Waals surface area contributed by atoms with Gasteiger partial charge in [-0.05, 0) is 29.0 Å². The van der Waals surface area contributed by atoms with Gasteiger partial charge in [-0.3, -0.25) is 4.55 Å². The Morgan fingerprint density at radius 2 is 0.860 bits per heavy atom. The van der Waals surface area contributed by atoms with E-state index in [0.717, 1.165) is 10.9 Å². The Labute approximate surface area is 351 Å². The molecule has 8 bridgehead atoms. The Kier molecular flexibility index (Phi) is 11.8. The molecule has 0 fully saturated rings. The molecule has 25 heteroatoms. The molecule has 0 aliphatic carbocycles. The molecule has 0 saturated carbocycles. The summed E-state index contributed by atoms with van der Waals surface area (Å²) in [4.78, 5) is 37.7. The number of hydrogen-bond acceptors (Lipinski definition) is 14. The van der Waals surface area contributed by atoms with E-state index in [1.807, 2.05) is 48.5 Å². The summed E-state index contributed by atoms with van der Waals surface area (Å²) in [5.41, 5.74) is 2.87. The SMILES string of the molecule is O=S(=O)(O)c1ccc2c(c1)-c1nc-2nc2nc(nc3[n-]c(nc4[n-]c(n1)c1c(Cl)c(Cl)c(Cl)c(Cl)c41)c1ccccc31)-c1ccccc1-2.O=S(=O)=O.O=S(=O)=O.[Cu+2]. The summed E-state index contributed by atoms with van der Waals surface area (Å²) in [6.45, 7) is 0. The number of aromatic nitrogens is 8. The number of nitrogens with zero attached hydrogens (tertiary/aromatic N) is 8. The molecule has 1 N–H and O–H groups in total. The van der Waals surface area contributed by atoms with Crippen molar-refractivity contribution in [3.05, 3.63) is 86.8 Å². The van der Waals surface area contributed by atoms with Gasteiger partial charge in [0.05, 0.1) is 36.6 Å². The second kappa shape index (κ2) is 16.1. The monoisotopic (exact) mass is 951 g/mol. The predicted octanol–water partition coefficient (Wildman–Crippen LogP) is 5.98. The minimum atomic E-state index is -4.59. The summed E-state index contributed by atoms with van der Waals surface area (Å²) in [5, 5.41) is 1.92. The van der Waals surface area contributed by atoms with E-state index >= 15 is 0 Å². The normalized spacial score (nSPS) is 11.3. The van der Waals surface area contributed by atoms with E-state index in [9.17, 15) is 13.0 Å². The summed E-state index contributed by atoms with van der Waals surface area (Å²) < 4.78 is 84.8. The van der Waals surface area contributed by atoms with Crippen molar-refractivity contribution in [3.8, 4) is 45.6 Å². The molecule has 0 unspecified atom stereocenters. The van der Waals surface area contributed by atoms with Gasteiger partial charge in [-0.1, -0.05) is 94.9 Å². The minimum absolute atomic E-state index is 0. The van der Waals surface area contributed by atoms with Crippen LogP contribution >= 0.6 is 46.4 Å². The second-order valence-electron chi connectivity index (χ2n) is 11.2. The van der Waals surface area contributed by atoms with Gasteiger partial charge in [0.25, 0.3) is 10.1 Å². The smallest absolute Gasteiger partial charge is 0.357 e. The maximum absolute atomic E-state index is 12.1. The molecule has 7 aromatic rings. The molecule has 2 aliphatic heterocycles. The van der Waals surface area contributed by atoms with Crippen LogP contribution < -0.4 is 9.97 Å². The van der Waals surface area contributed by atoms with E-state index in [0.29, 0.717) is 39.5 Å². The molecule has 0 atom stereocenters. The van der Waals surface area contributed by atoms with Crippen LogP contribution in [0.1, 0.15) is 0 Å². The van der Waals surface area contributed by atoms with E-state index in [1.165, 1.54) is 18.2 Å². The van der Waals surface area contributed by atoms with E-state index in [4.69, 9.17) is 107 Å². The molecule has 3 aromatic heterocycles. The van der Waals surface area contributed by atoms with Crippen molar-refractivity contribution in [2.24, 2.45) is 0 Å². The molecular weight excluding hydrogens is 942 g/mol. The summed E-state index contributed by atoms with van der Waals surface area (Å²) >= 11 is 26.5. The summed E-state index contributed by atoms with van der Waals surface area (Å²) in [6.07, 6.45) is 0. The van der Waals surface area contributed by atoms with Crippen molar-refractivity contribution in [2.75, 3.05) is 0 Å². The van der Waals surface area contributed by atoms with E-state index in [1.54, 1.807) is 0 Å². The Balaban J connectivity index is 0.000000561. The third-order valence-corrected chi connectivity index (χ3v) is 10.6. The molecule has 9 rings (SSSR count). The molecule has 0 spiro atoms. The van der Waals surface area contributed by atoms with Crippen molar-refractivity contribution in [1.29, 1.82) is 0 Å². The van der Waals surface area contributed by atoms with Crippen LogP contribution in [0.2, 0.25) is 20.1 Å². The maximum atomic E-state index is 12.1. The Morgan fingerprint density at radius 3 is 1.35 bits per heavy atom. The van der Waals surface area contributed by atoms with Gasteiger partial charge in [0.15, 0.2) is 11.6 Å². The average molecular weight is 954 g/mol. The quantitative estimate of drug-likeness (QED) is 0.0859. The molecule has 0 amide bonds. The van der Waals surface area contributed by atoms with Crippen molar-refractivity contribution in [2.45, 2.75) is 4.90 Å². The van der Waals surface area contributed by atoms with Gasteiger partial charge < -0.3 is 24.9 Å². The van der Waals surface area contributed by atoms with Gasteiger partial charge in [0.2, 0.25) is 0 Å². The molecule has 2 aliphatic rings. The maximum Gasteiger partial charge on any atom is 2.00 e. The summed E-state index contributed by atoms with van der Waals surface area (Å²) in [6, 6.07) is 18.9. The second-order valence-corrected chi connectivity index (χ2v) is 14.9. The molecule has 17 nitrogen and oxygen atoms in total. The number of benzene rings is 4. The third kappa shape index (κ3) is 7.99.